The summed E-state index contributed by atoms with van der Waals surface area (Å²) in [5.41, 5.74) is 3.16. The molecule has 1 aromatic carbocycles. The van der Waals surface area contributed by atoms with E-state index in [-0.39, 0.29) is 63.5 Å². The fourth-order valence-corrected chi connectivity index (χ4v) is 9.46. The first-order chi connectivity index (χ1) is 32.2. The SMILES string of the molecule is Cc1cc(/C=C/c2ccc(OCCCC(=O)NC(CCCC[N+](C)(C)C)C(=O)NCCCCC(=O)ON3C(=O)CCC3=O)cc2)n2c1C=C1C(CCCS(=O)(=O)[O-])=CC(c3cccs3)=[N+]1[B-]2(F)F. The number of benzene rings is 1. The van der Waals surface area contributed by atoms with Gasteiger partial charge in [-0.1, -0.05) is 24.3 Å². The molecule has 0 saturated carbocycles. The molecule has 4 amide bonds. The molecule has 0 bridgehead atoms. The number of fused-ring (bicyclic) bond motifs is 2. The van der Waals surface area contributed by atoms with Crippen LogP contribution < -0.4 is 15.4 Å². The molecule has 3 aliphatic rings. The van der Waals surface area contributed by atoms with Gasteiger partial charge in [0.1, 0.15) is 11.8 Å². The predicted octanol–water partition coefficient (Wildman–Crippen LogP) is 5.79. The van der Waals surface area contributed by atoms with Gasteiger partial charge in [-0.2, -0.15) is 0 Å². The molecule has 1 fully saturated rings. The van der Waals surface area contributed by atoms with Crippen molar-refractivity contribution >= 4 is 82.0 Å². The van der Waals surface area contributed by atoms with E-state index in [4.69, 9.17) is 9.57 Å². The Morgan fingerprint density at radius 3 is 2.38 bits per heavy atom. The van der Waals surface area contributed by atoms with Gasteiger partial charge in [0, 0.05) is 67.1 Å². The molecule has 21 heteroatoms. The van der Waals surface area contributed by atoms with Gasteiger partial charge in [0.25, 0.3) is 11.8 Å². The van der Waals surface area contributed by atoms with Gasteiger partial charge in [-0.3, -0.25) is 19.2 Å². The van der Waals surface area contributed by atoms with Gasteiger partial charge in [0.2, 0.25) is 11.8 Å². The molecule has 68 heavy (non-hydrogen) atoms. The molecule has 5 heterocycles. The Morgan fingerprint density at radius 2 is 1.71 bits per heavy atom. The van der Waals surface area contributed by atoms with Crippen molar-refractivity contribution in [3.05, 3.63) is 92.6 Å². The smallest absolute Gasteiger partial charge is 0.737 e. The van der Waals surface area contributed by atoms with Crippen LogP contribution in [0.15, 0.2) is 65.2 Å². The number of unbranched alkanes of at least 4 members (excludes halogenated alkanes) is 2. The van der Waals surface area contributed by atoms with Gasteiger partial charge >= 0.3 is 12.9 Å². The maximum Gasteiger partial charge on any atom is 0.737 e. The summed E-state index contributed by atoms with van der Waals surface area (Å²) in [7, 11) is 1.79. The van der Waals surface area contributed by atoms with Crippen molar-refractivity contribution in [2.75, 3.05) is 46.6 Å². The third-order valence-electron chi connectivity index (χ3n) is 11.6. The van der Waals surface area contributed by atoms with Crippen LogP contribution in [0.25, 0.3) is 18.2 Å². The van der Waals surface area contributed by atoms with Crippen molar-refractivity contribution < 1.29 is 64.1 Å². The Balaban J connectivity index is 0.995. The topological polar surface area (TPSA) is 196 Å². The van der Waals surface area contributed by atoms with Crippen molar-refractivity contribution in [1.82, 2.24) is 20.2 Å². The number of rotatable bonds is 25. The number of hydrogen-bond donors (Lipinski definition) is 2. The first-order valence-electron chi connectivity index (χ1n) is 22.9. The van der Waals surface area contributed by atoms with Gasteiger partial charge in [0.15, 0.2) is 11.4 Å². The number of carbonyl (C=O) groups excluding carboxylic acids is 5. The number of aryl methyl sites for hydroxylation is 1. The van der Waals surface area contributed by atoms with E-state index in [1.54, 1.807) is 79.1 Å². The van der Waals surface area contributed by atoms with Crippen LogP contribution in [0.4, 0.5) is 8.63 Å². The number of nitrogens with one attached hydrogen (secondary N) is 2. The minimum Gasteiger partial charge on any atom is -0.748 e. The summed E-state index contributed by atoms with van der Waals surface area (Å²) in [5, 5.41) is 8.02. The van der Waals surface area contributed by atoms with Crippen LogP contribution in [-0.2, 0) is 38.9 Å². The number of hydrogen-bond acceptors (Lipinski definition) is 11. The predicted molar refractivity (Wildman–Crippen MR) is 254 cm³/mol. The Morgan fingerprint density at radius 1 is 0.971 bits per heavy atom. The zero-order chi connectivity index (χ0) is 49.2. The van der Waals surface area contributed by atoms with Gasteiger partial charge < -0.3 is 46.8 Å². The monoisotopic (exact) mass is 980 g/mol. The number of imide groups is 1. The van der Waals surface area contributed by atoms with Gasteiger partial charge in [0.05, 0.1) is 49.3 Å². The Labute approximate surface area is 399 Å². The molecular formula is C47H59BF2N6O10S2. The molecule has 2 aromatic heterocycles. The molecule has 366 valence electrons. The number of thiophene rings is 1. The van der Waals surface area contributed by atoms with Crippen molar-refractivity contribution in [1.29, 1.82) is 0 Å². The van der Waals surface area contributed by atoms with Crippen LogP contribution in [0, 0.1) is 6.92 Å². The summed E-state index contributed by atoms with van der Waals surface area (Å²) in [4.78, 5) is 67.2. The van der Waals surface area contributed by atoms with E-state index in [1.807, 2.05) is 0 Å². The number of quaternary nitrogens is 1. The van der Waals surface area contributed by atoms with Crippen LogP contribution in [0.5, 0.6) is 5.75 Å². The summed E-state index contributed by atoms with van der Waals surface area (Å²) in [6, 6.07) is 11.6. The second-order valence-corrected chi connectivity index (χ2v) is 20.6. The molecule has 3 aliphatic heterocycles. The van der Waals surface area contributed by atoms with E-state index in [0.29, 0.717) is 75.3 Å². The number of hydroxylamine groups is 2. The van der Waals surface area contributed by atoms with Crippen LogP contribution in [0.3, 0.4) is 0 Å². The molecule has 6 rings (SSSR count). The molecule has 2 N–H and O–H groups in total. The lowest BCUT2D eigenvalue weighted by molar-refractivity contribution is -0.870. The number of amides is 4. The number of ether oxygens (including phenoxy) is 1. The number of halogens is 2. The van der Waals surface area contributed by atoms with E-state index < -0.39 is 46.7 Å². The van der Waals surface area contributed by atoms with Crippen molar-refractivity contribution in [2.24, 2.45) is 0 Å². The highest BCUT2D eigenvalue weighted by molar-refractivity contribution is 7.85. The van der Waals surface area contributed by atoms with Gasteiger partial charge in [-0.15, -0.1) is 16.4 Å². The highest BCUT2D eigenvalue weighted by atomic mass is 32.2. The average molecular weight is 981 g/mol. The molecule has 1 atom stereocenters. The maximum absolute atomic E-state index is 16.9. The molecule has 3 aromatic rings. The number of nitrogens with zero attached hydrogens (tertiary/aromatic N) is 4. The summed E-state index contributed by atoms with van der Waals surface area (Å²) in [6.45, 7) is -1.26. The Hall–Kier alpha value is -5.77. The standard InChI is InChI=1S/C47H59BF2N6O10S2/c1-33-30-36(53-39(33)32-40-35(12-11-29-68(62,63)64)31-41(42-14-10-28-67-42)54(40)48(53,49)50)20-17-34-18-21-37(22-19-34)65-27-9-15-43(57)52-38(13-6-8-26-56(2,3)4)47(61)51-25-7-5-16-46(60)66-55-44(58)23-24-45(55)59/h10,14,17-22,28,30-32,38H,5-9,11-13,15-16,23-27,29H2,1-4H3,(H2-,51,52,57,61,62,63,64)/b20-17+. The van der Waals surface area contributed by atoms with Gasteiger partial charge in [-0.05, 0) is 105 Å². The van der Waals surface area contributed by atoms with Gasteiger partial charge in [-0.25, -0.2) is 13.2 Å². The van der Waals surface area contributed by atoms with E-state index >= 15 is 8.63 Å². The van der Waals surface area contributed by atoms with Crippen LogP contribution in [-0.4, -0.2) is 126 Å². The molecule has 1 saturated heterocycles. The normalized spacial score (nSPS) is 16.1. The summed E-state index contributed by atoms with van der Waals surface area (Å²) in [5.74, 6) is -2.47. The second kappa shape index (κ2) is 22.6. The Bertz CT molecular complexity index is 2590. The molecule has 0 spiro atoms. The number of allylic oxidation sites excluding steroid dienone is 2. The molecule has 0 aliphatic carbocycles. The first-order valence-corrected chi connectivity index (χ1v) is 25.3. The van der Waals surface area contributed by atoms with E-state index in [9.17, 15) is 36.9 Å². The second-order valence-electron chi connectivity index (χ2n) is 18.2. The quantitative estimate of drug-likeness (QED) is 0.0345. The summed E-state index contributed by atoms with van der Waals surface area (Å²) < 4.78 is 76.4. The third-order valence-corrected chi connectivity index (χ3v) is 13.3. The lowest BCUT2D eigenvalue weighted by atomic mass is 9.88. The summed E-state index contributed by atoms with van der Waals surface area (Å²) in [6.07, 6.45) is 10.2. The van der Waals surface area contributed by atoms with Crippen molar-refractivity contribution in [3.63, 3.8) is 0 Å². The minimum absolute atomic E-state index is 0.0110. The van der Waals surface area contributed by atoms with E-state index in [2.05, 4.69) is 31.8 Å². The zero-order valence-corrected chi connectivity index (χ0v) is 40.5. The van der Waals surface area contributed by atoms with E-state index in [1.165, 1.54) is 11.3 Å². The van der Waals surface area contributed by atoms with Crippen molar-refractivity contribution in [3.8, 4) is 5.75 Å². The Kier molecular flexibility index (Phi) is 17.1. The fourth-order valence-electron chi connectivity index (χ4n) is 8.23. The van der Waals surface area contributed by atoms with Crippen molar-refractivity contribution in [2.45, 2.75) is 90.0 Å². The first kappa shape index (κ1) is 51.6. The molecule has 1 unspecified atom stereocenters. The van der Waals surface area contributed by atoms with Crippen LogP contribution in [0.1, 0.15) is 104 Å². The van der Waals surface area contributed by atoms with Crippen LogP contribution >= 0.6 is 11.3 Å². The largest absolute Gasteiger partial charge is 0.748 e. The number of carbonyl (C=O) groups is 5. The molecule has 16 nitrogen and oxygen atoms in total. The minimum atomic E-state index is -4.46. The third kappa shape index (κ3) is 13.9. The molecule has 0 radical (unpaired) electrons. The maximum atomic E-state index is 16.9. The lowest BCUT2D eigenvalue weighted by Crippen LogP contribution is -2.51. The zero-order valence-electron chi connectivity index (χ0n) is 38.8. The average Bonchev–Trinajstić information content (AvgIpc) is 4.07. The highest BCUT2D eigenvalue weighted by Gasteiger charge is 2.54. The summed E-state index contributed by atoms with van der Waals surface area (Å²) >= 11 is 1.32. The number of aromatic nitrogens is 1. The van der Waals surface area contributed by atoms with Crippen LogP contribution in [0.2, 0.25) is 0 Å². The fraction of sp³-hybridized carbons (Fsp3) is 0.447. The lowest BCUT2D eigenvalue weighted by Gasteiger charge is -2.31. The molecular weight excluding hydrogens is 921 g/mol. The van der Waals surface area contributed by atoms with E-state index in [0.717, 1.165) is 38.4 Å². The highest BCUT2D eigenvalue weighted by Crippen LogP contribution is 2.40.